The van der Waals surface area contributed by atoms with Crippen LogP contribution < -0.4 is 17.0 Å². The standard InChI is InChI=1S/C19H22N.ClH/c1-4-10-17(11-5-1)16-20(18-12-6-2-7-13-18)19-14-8-3-9-15-19;/h2-3,6-9,12-17H,1,4-5,10-11H2;1H/q+1;/p-1. The predicted molar refractivity (Wildman–Crippen MR) is 87.0 cm³/mol. The third-order valence-corrected chi connectivity index (χ3v) is 4.08. The highest BCUT2D eigenvalue weighted by atomic mass is 35.5. The van der Waals surface area contributed by atoms with Crippen molar-refractivity contribution in [1.82, 2.24) is 4.58 Å². The molecule has 0 aromatic heterocycles. The molecule has 3 rings (SSSR count). The number of benzene rings is 2. The van der Waals surface area contributed by atoms with Gasteiger partial charge in [-0.05, 0) is 12.8 Å². The highest BCUT2D eigenvalue weighted by Crippen LogP contribution is 2.25. The second-order valence-corrected chi connectivity index (χ2v) is 5.59. The average Bonchev–Trinajstić information content (AvgIpc) is 2.55. The topological polar surface area (TPSA) is 3.01 Å². The van der Waals surface area contributed by atoms with E-state index in [-0.39, 0.29) is 12.4 Å². The summed E-state index contributed by atoms with van der Waals surface area (Å²) in [5.74, 6) is 0.712. The van der Waals surface area contributed by atoms with E-state index in [9.17, 15) is 0 Å². The molecule has 2 aromatic carbocycles. The Labute approximate surface area is 133 Å². The van der Waals surface area contributed by atoms with E-state index in [1.807, 2.05) is 0 Å². The molecule has 2 heteroatoms. The molecule has 0 heterocycles. The van der Waals surface area contributed by atoms with E-state index in [0.29, 0.717) is 5.92 Å². The SMILES string of the molecule is C(C1CCCCC1)=[N+](c1ccccc1)c1ccccc1.[Cl-]. The number of para-hydroxylation sites is 2. The van der Waals surface area contributed by atoms with Gasteiger partial charge >= 0.3 is 0 Å². The maximum Gasteiger partial charge on any atom is 0.210 e. The van der Waals surface area contributed by atoms with Crippen molar-refractivity contribution in [3.8, 4) is 0 Å². The lowest BCUT2D eigenvalue weighted by atomic mass is 9.90. The van der Waals surface area contributed by atoms with Gasteiger partial charge in [0.15, 0.2) is 6.21 Å². The maximum atomic E-state index is 2.43. The van der Waals surface area contributed by atoms with E-state index in [0.717, 1.165) is 0 Å². The molecule has 1 aliphatic carbocycles. The third kappa shape index (κ3) is 4.18. The van der Waals surface area contributed by atoms with E-state index in [1.54, 1.807) is 0 Å². The van der Waals surface area contributed by atoms with E-state index < -0.39 is 0 Å². The van der Waals surface area contributed by atoms with Gasteiger partial charge in [-0.15, -0.1) is 0 Å². The lowest BCUT2D eigenvalue weighted by molar-refractivity contribution is -0.00000403. The fourth-order valence-corrected chi connectivity index (χ4v) is 2.99. The lowest BCUT2D eigenvalue weighted by Crippen LogP contribution is -3.00. The second-order valence-electron chi connectivity index (χ2n) is 5.59. The van der Waals surface area contributed by atoms with Crippen LogP contribution in [0.2, 0.25) is 0 Å². The summed E-state index contributed by atoms with van der Waals surface area (Å²) in [6.07, 6.45) is 9.24. The Balaban J connectivity index is 0.00000161. The zero-order valence-electron chi connectivity index (χ0n) is 12.3. The minimum absolute atomic E-state index is 0. The normalized spacial score (nSPS) is 15.0. The van der Waals surface area contributed by atoms with Crippen LogP contribution in [0.4, 0.5) is 11.4 Å². The lowest BCUT2D eigenvalue weighted by Gasteiger charge is -2.16. The Morgan fingerprint density at radius 2 is 1.19 bits per heavy atom. The summed E-state index contributed by atoms with van der Waals surface area (Å²) in [5.41, 5.74) is 2.51. The molecule has 2 aromatic rings. The molecular formula is C19H22ClN. The zero-order chi connectivity index (χ0) is 13.6. The van der Waals surface area contributed by atoms with Crippen molar-refractivity contribution in [2.75, 3.05) is 0 Å². The van der Waals surface area contributed by atoms with Crippen molar-refractivity contribution in [3.05, 3.63) is 60.7 Å². The summed E-state index contributed by atoms with van der Waals surface area (Å²) in [4.78, 5) is 0. The summed E-state index contributed by atoms with van der Waals surface area (Å²) in [6.45, 7) is 0. The van der Waals surface area contributed by atoms with Crippen molar-refractivity contribution in [2.24, 2.45) is 5.92 Å². The quantitative estimate of drug-likeness (QED) is 0.604. The van der Waals surface area contributed by atoms with Crippen LogP contribution in [0.25, 0.3) is 0 Å². The third-order valence-electron chi connectivity index (χ3n) is 4.08. The van der Waals surface area contributed by atoms with Gasteiger partial charge in [0.25, 0.3) is 0 Å². The average molecular weight is 300 g/mol. The van der Waals surface area contributed by atoms with Gasteiger partial charge in [-0.1, -0.05) is 55.7 Å². The molecule has 1 saturated carbocycles. The van der Waals surface area contributed by atoms with Crippen LogP contribution >= 0.6 is 0 Å². The first-order valence-electron chi connectivity index (χ1n) is 7.68. The van der Waals surface area contributed by atoms with Gasteiger partial charge in [-0.2, -0.15) is 4.58 Å². The van der Waals surface area contributed by atoms with Crippen LogP contribution in [0.3, 0.4) is 0 Å². The molecule has 0 radical (unpaired) electrons. The van der Waals surface area contributed by atoms with Crippen LogP contribution in [0.1, 0.15) is 32.1 Å². The highest BCUT2D eigenvalue weighted by molar-refractivity contribution is 5.72. The van der Waals surface area contributed by atoms with Crippen molar-refractivity contribution in [3.63, 3.8) is 0 Å². The molecule has 0 spiro atoms. The van der Waals surface area contributed by atoms with E-state index in [4.69, 9.17) is 0 Å². The van der Waals surface area contributed by atoms with Gasteiger partial charge in [-0.25, -0.2) is 0 Å². The van der Waals surface area contributed by atoms with Crippen molar-refractivity contribution in [1.29, 1.82) is 0 Å². The first kappa shape index (κ1) is 15.8. The van der Waals surface area contributed by atoms with Crippen molar-refractivity contribution in [2.45, 2.75) is 32.1 Å². The Morgan fingerprint density at radius 1 is 0.714 bits per heavy atom. The Morgan fingerprint density at radius 3 is 1.67 bits per heavy atom. The molecule has 21 heavy (non-hydrogen) atoms. The molecule has 1 nitrogen and oxygen atoms in total. The summed E-state index contributed by atoms with van der Waals surface area (Å²) < 4.78 is 2.36. The molecule has 0 N–H and O–H groups in total. The van der Waals surface area contributed by atoms with E-state index >= 15 is 0 Å². The Kier molecular flexibility index (Phi) is 6.01. The Hall–Kier alpha value is -1.60. The van der Waals surface area contributed by atoms with Gasteiger partial charge in [0.05, 0.1) is 0 Å². The zero-order valence-corrected chi connectivity index (χ0v) is 13.0. The second kappa shape index (κ2) is 7.99. The molecule has 1 fully saturated rings. The number of nitrogens with zero attached hydrogens (tertiary/aromatic N) is 1. The van der Waals surface area contributed by atoms with Crippen molar-refractivity contribution < 1.29 is 12.4 Å². The van der Waals surface area contributed by atoms with Crippen LogP contribution in [0, 0.1) is 5.92 Å². The summed E-state index contributed by atoms with van der Waals surface area (Å²) >= 11 is 0. The van der Waals surface area contributed by atoms with Crippen molar-refractivity contribution >= 4 is 17.6 Å². The number of halogens is 1. The van der Waals surface area contributed by atoms with Gasteiger partial charge in [0, 0.05) is 30.2 Å². The van der Waals surface area contributed by atoms with Crippen LogP contribution in [-0.4, -0.2) is 6.21 Å². The smallest absolute Gasteiger partial charge is 0.210 e. The molecule has 0 aliphatic heterocycles. The fourth-order valence-electron chi connectivity index (χ4n) is 2.99. The molecule has 1 aliphatic rings. The number of hydrogen-bond acceptors (Lipinski definition) is 0. The summed E-state index contributed by atoms with van der Waals surface area (Å²) in [5, 5.41) is 0. The van der Waals surface area contributed by atoms with Gasteiger partial charge in [0.1, 0.15) is 0 Å². The van der Waals surface area contributed by atoms with Crippen LogP contribution in [-0.2, 0) is 0 Å². The molecule has 0 saturated heterocycles. The van der Waals surface area contributed by atoms with Crippen LogP contribution in [0.15, 0.2) is 60.7 Å². The van der Waals surface area contributed by atoms with E-state index in [2.05, 4.69) is 71.5 Å². The summed E-state index contributed by atoms with van der Waals surface area (Å²) in [7, 11) is 0. The first-order chi connectivity index (χ1) is 9.93. The number of hydrogen-bond donors (Lipinski definition) is 0. The fraction of sp³-hybridized carbons (Fsp3) is 0.316. The molecule has 0 atom stereocenters. The van der Waals surface area contributed by atoms with Gasteiger partial charge in [-0.3, -0.25) is 0 Å². The molecule has 0 bridgehead atoms. The molecule has 110 valence electrons. The molecule has 0 amide bonds. The van der Waals surface area contributed by atoms with Crippen LogP contribution in [0.5, 0.6) is 0 Å². The van der Waals surface area contributed by atoms with E-state index in [1.165, 1.54) is 43.5 Å². The first-order valence-corrected chi connectivity index (χ1v) is 7.68. The predicted octanol–water partition coefficient (Wildman–Crippen LogP) is 2.18. The maximum absolute atomic E-state index is 2.43. The molecular weight excluding hydrogens is 278 g/mol. The monoisotopic (exact) mass is 299 g/mol. The Bertz CT molecular complexity index is 515. The summed E-state index contributed by atoms with van der Waals surface area (Å²) in [6, 6.07) is 21.3. The van der Waals surface area contributed by atoms with Gasteiger partial charge in [0.2, 0.25) is 11.4 Å². The minimum atomic E-state index is 0. The van der Waals surface area contributed by atoms with Gasteiger partial charge < -0.3 is 12.4 Å². The number of rotatable bonds is 3. The molecule has 0 unspecified atom stereocenters. The largest absolute Gasteiger partial charge is 1.00 e. The minimum Gasteiger partial charge on any atom is -1.00 e. The highest BCUT2D eigenvalue weighted by Gasteiger charge is 2.19.